The van der Waals surface area contributed by atoms with Gasteiger partial charge in [-0.1, -0.05) is 0 Å². The molecule has 0 fully saturated rings. The van der Waals surface area contributed by atoms with Crippen molar-refractivity contribution in [2.45, 2.75) is 19.6 Å². The van der Waals surface area contributed by atoms with Gasteiger partial charge in [0.2, 0.25) is 0 Å². The first-order valence-corrected chi connectivity index (χ1v) is 4.38. The van der Waals surface area contributed by atoms with Gasteiger partial charge in [0.1, 0.15) is 6.23 Å². The molecule has 1 rings (SSSR count). The van der Waals surface area contributed by atoms with Crippen LogP contribution in [-0.2, 0) is 11.2 Å². The van der Waals surface area contributed by atoms with E-state index < -0.39 is 0 Å². The summed E-state index contributed by atoms with van der Waals surface area (Å²) < 4.78 is 5.14. The zero-order valence-corrected chi connectivity index (χ0v) is 7.23. The van der Waals surface area contributed by atoms with Crippen molar-refractivity contribution >= 4 is 11.3 Å². The smallest absolute Gasteiger partial charge is 0.152 e. The number of nitrogens with zero attached hydrogens (tertiary/aromatic N) is 1. The summed E-state index contributed by atoms with van der Waals surface area (Å²) in [5.41, 5.74) is 9.32. The molecule has 0 aromatic carbocycles. The number of ether oxygens (including phenoxy) is 1. The van der Waals surface area contributed by atoms with Gasteiger partial charge in [-0.05, 0) is 6.92 Å². The lowest BCUT2D eigenvalue weighted by molar-refractivity contribution is 0.0675. The van der Waals surface area contributed by atoms with E-state index in [0.29, 0.717) is 13.0 Å². The van der Waals surface area contributed by atoms with Gasteiger partial charge in [0, 0.05) is 18.4 Å². The number of aromatic nitrogens is 1. The standard InChI is InChI=1S/C7H11N2OS/c1-2-10-7(8)3-6-4-11-5-9-6/h4,7H,2-3,8H2,1H3. The molecular weight excluding hydrogens is 160 g/mol. The quantitative estimate of drug-likeness (QED) is 0.682. The maximum absolute atomic E-state index is 5.60. The molecule has 0 saturated carbocycles. The van der Waals surface area contributed by atoms with E-state index in [9.17, 15) is 0 Å². The first kappa shape index (κ1) is 8.64. The predicted octanol–water partition coefficient (Wildman–Crippen LogP) is 0.807. The molecule has 1 heterocycles. The third kappa shape index (κ3) is 2.96. The zero-order valence-electron chi connectivity index (χ0n) is 6.41. The van der Waals surface area contributed by atoms with E-state index in [2.05, 4.69) is 10.5 Å². The van der Waals surface area contributed by atoms with Crippen molar-refractivity contribution in [1.29, 1.82) is 0 Å². The van der Waals surface area contributed by atoms with Crippen LogP contribution in [0.2, 0.25) is 0 Å². The van der Waals surface area contributed by atoms with E-state index in [1.54, 1.807) is 0 Å². The van der Waals surface area contributed by atoms with Crippen molar-refractivity contribution < 1.29 is 4.74 Å². The molecule has 0 aliphatic rings. The molecule has 0 amide bonds. The maximum atomic E-state index is 5.60. The van der Waals surface area contributed by atoms with Gasteiger partial charge < -0.3 is 10.5 Å². The Morgan fingerprint density at radius 3 is 3.27 bits per heavy atom. The summed E-state index contributed by atoms with van der Waals surface area (Å²) >= 11 is 1.45. The number of hydrogen-bond donors (Lipinski definition) is 1. The van der Waals surface area contributed by atoms with Crippen molar-refractivity contribution in [3.05, 3.63) is 16.6 Å². The third-order valence-corrected chi connectivity index (χ3v) is 1.81. The Balaban J connectivity index is 2.31. The summed E-state index contributed by atoms with van der Waals surface area (Å²) in [6.07, 6.45) is 0.448. The molecule has 0 spiro atoms. The Morgan fingerprint density at radius 1 is 1.91 bits per heavy atom. The summed E-state index contributed by atoms with van der Waals surface area (Å²) in [6.45, 7) is 2.57. The Morgan fingerprint density at radius 2 is 2.73 bits per heavy atom. The van der Waals surface area contributed by atoms with Gasteiger partial charge in [-0.15, -0.1) is 11.3 Å². The van der Waals surface area contributed by atoms with Gasteiger partial charge in [-0.3, -0.25) is 0 Å². The van der Waals surface area contributed by atoms with E-state index >= 15 is 0 Å². The first-order valence-electron chi connectivity index (χ1n) is 3.50. The molecule has 0 aliphatic heterocycles. The molecule has 61 valence electrons. The van der Waals surface area contributed by atoms with Gasteiger partial charge in [-0.2, -0.15) is 0 Å². The highest BCUT2D eigenvalue weighted by Crippen LogP contribution is 2.02. The molecule has 11 heavy (non-hydrogen) atoms. The van der Waals surface area contributed by atoms with E-state index in [0.717, 1.165) is 5.69 Å². The topological polar surface area (TPSA) is 48.1 Å². The monoisotopic (exact) mass is 171 g/mol. The molecule has 3 nitrogen and oxygen atoms in total. The molecule has 1 aromatic heterocycles. The largest absolute Gasteiger partial charge is 0.363 e. The number of nitrogens with two attached hydrogens (primary N) is 1. The van der Waals surface area contributed by atoms with E-state index in [1.165, 1.54) is 11.3 Å². The Bertz CT molecular complexity index is 188. The highest BCUT2D eigenvalue weighted by atomic mass is 32.1. The Hall–Kier alpha value is -0.450. The van der Waals surface area contributed by atoms with E-state index in [4.69, 9.17) is 10.5 Å². The highest BCUT2D eigenvalue weighted by Gasteiger charge is 2.03. The Kier molecular flexibility index (Phi) is 3.48. The van der Waals surface area contributed by atoms with Crippen LogP contribution < -0.4 is 5.73 Å². The molecule has 1 atom stereocenters. The summed E-state index contributed by atoms with van der Waals surface area (Å²) in [6, 6.07) is 0. The first-order chi connectivity index (χ1) is 5.33. The molecule has 2 N–H and O–H groups in total. The second-order valence-electron chi connectivity index (χ2n) is 2.13. The maximum Gasteiger partial charge on any atom is 0.152 e. The summed E-state index contributed by atoms with van der Waals surface area (Å²) in [5.74, 6) is 0. The van der Waals surface area contributed by atoms with E-state index in [-0.39, 0.29) is 6.23 Å². The molecule has 0 bridgehead atoms. The van der Waals surface area contributed by atoms with Crippen LogP contribution in [0.5, 0.6) is 0 Å². The lowest BCUT2D eigenvalue weighted by Crippen LogP contribution is -2.26. The summed E-state index contributed by atoms with van der Waals surface area (Å²) in [4.78, 5) is 3.97. The number of rotatable bonds is 4. The third-order valence-electron chi connectivity index (χ3n) is 1.23. The second kappa shape index (κ2) is 4.43. The summed E-state index contributed by atoms with van der Waals surface area (Å²) in [7, 11) is 0. The fourth-order valence-corrected chi connectivity index (χ4v) is 1.29. The van der Waals surface area contributed by atoms with Crippen LogP contribution in [0.15, 0.2) is 5.38 Å². The van der Waals surface area contributed by atoms with Gasteiger partial charge in [0.15, 0.2) is 5.51 Å². The van der Waals surface area contributed by atoms with Gasteiger partial charge in [0.05, 0.1) is 5.69 Å². The van der Waals surface area contributed by atoms with Crippen LogP contribution in [0, 0.1) is 5.51 Å². The van der Waals surface area contributed by atoms with Gasteiger partial charge >= 0.3 is 0 Å². The fraction of sp³-hybridized carbons (Fsp3) is 0.571. The lowest BCUT2D eigenvalue weighted by Gasteiger charge is -2.08. The second-order valence-corrected chi connectivity index (χ2v) is 2.78. The SMILES string of the molecule is CCOC(N)Cc1cs[c]n1. The molecule has 1 unspecified atom stereocenters. The number of thiazole rings is 1. The van der Waals surface area contributed by atoms with Crippen molar-refractivity contribution in [3.8, 4) is 0 Å². The predicted molar refractivity (Wildman–Crippen MR) is 44.3 cm³/mol. The minimum atomic E-state index is -0.226. The Labute approximate surface area is 70.2 Å². The van der Waals surface area contributed by atoms with Gasteiger partial charge in [-0.25, -0.2) is 4.98 Å². The molecule has 0 saturated heterocycles. The van der Waals surface area contributed by atoms with Crippen molar-refractivity contribution in [2.24, 2.45) is 5.73 Å². The molecular formula is C7H11N2OS. The lowest BCUT2D eigenvalue weighted by atomic mass is 10.3. The average molecular weight is 171 g/mol. The fourth-order valence-electron chi connectivity index (χ4n) is 0.779. The van der Waals surface area contributed by atoms with Crippen LogP contribution in [-0.4, -0.2) is 17.8 Å². The molecule has 1 aromatic rings. The van der Waals surface area contributed by atoms with Crippen LogP contribution in [0.1, 0.15) is 12.6 Å². The minimum Gasteiger partial charge on any atom is -0.363 e. The van der Waals surface area contributed by atoms with Crippen LogP contribution >= 0.6 is 11.3 Å². The van der Waals surface area contributed by atoms with Crippen molar-refractivity contribution in [3.63, 3.8) is 0 Å². The van der Waals surface area contributed by atoms with Crippen LogP contribution in [0.4, 0.5) is 0 Å². The molecule has 1 radical (unpaired) electrons. The van der Waals surface area contributed by atoms with Crippen molar-refractivity contribution in [2.75, 3.05) is 6.61 Å². The van der Waals surface area contributed by atoms with Gasteiger partial charge in [0.25, 0.3) is 0 Å². The van der Waals surface area contributed by atoms with Crippen LogP contribution in [0.25, 0.3) is 0 Å². The van der Waals surface area contributed by atoms with E-state index in [1.807, 2.05) is 12.3 Å². The van der Waals surface area contributed by atoms with Crippen molar-refractivity contribution in [1.82, 2.24) is 4.98 Å². The normalized spacial score (nSPS) is 13.3. The highest BCUT2D eigenvalue weighted by molar-refractivity contribution is 7.07. The zero-order chi connectivity index (χ0) is 8.10. The minimum absolute atomic E-state index is 0.226. The van der Waals surface area contributed by atoms with Crippen LogP contribution in [0.3, 0.4) is 0 Å². The summed E-state index contributed by atoms with van der Waals surface area (Å²) in [5, 5.41) is 1.93. The average Bonchev–Trinajstić information content (AvgIpc) is 2.40. The molecule has 4 heteroatoms. The number of hydrogen-bond acceptors (Lipinski definition) is 4. The molecule has 0 aliphatic carbocycles.